The maximum Gasteiger partial charge on any atom is 0.205 e. The van der Waals surface area contributed by atoms with Crippen molar-refractivity contribution < 1.29 is 28.5 Å². The molecule has 0 saturated heterocycles. The molecule has 2 aromatic rings. The number of benzene rings is 2. The molecule has 2 aliphatic rings. The van der Waals surface area contributed by atoms with Crippen LogP contribution in [0.5, 0.6) is 11.5 Å². The normalized spacial score (nSPS) is 16.5. The zero-order valence-electron chi connectivity index (χ0n) is 18.4. The van der Waals surface area contributed by atoms with Gasteiger partial charge >= 0.3 is 0 Å². The van der Waals surface area contributed by atoms with Crippen LogP contribution in [0.3, 0.4) is 0 Å². The Kier molecular flexibility index (Phi) is 9.84. The summed E-state index contributed by atoms with van der Waals surface area (Å²) in [5.41, 5.74) is 3.23. The highest BCUT2D eigenvalue weighted by molar-refractivity contribution is 9.09. The number of hydrogen-bond acceptors (Lipinski definition) is 6. The van der Waals surface area contributed by atoms with Crippen molar-refractivity contribution in [2.24, 2.45) is 0 Å². The Bertz CT molecular complexity index is 996. The molecule has 33 heavy (non-hydrogen) atoms. The van der Waals surface area contributed by atoms with Crippen LogP contribution >= 0.6 is 15.9 Å². The first kappa shape index (κ1) is 28.8. The van der Waals surface area contributed by atoms with E-state index in [1.165, 1.54) is 0 Å². The van der Waals surface area contributed by atoms with Crippen LogP contribution in [-0.2, 0) is 22.7 Å². The lowest BCUT2D eigenvalue weighted by molar-refractivity contribution is -0.180. The second-order valence-corrected chi connectivity index (χ2v) is 8.90. The summed E-state index contributed by atoms with van der Waals surface area (Å²) in [6, 6.07) is 10.9. The molecule has 2 aromatic carbocycles. The van der Waals surface area contributed by atoms with Gasteiger partial charge in [0.1, 0.15) is 11.5 Å². The van der Waals surface area contributed by atoms with Crippen molar-refractivity contribution in [1.29, 1.82) is 0 Å². The van der Waals surface area contributed by atoms with Gasteiger partial charge in [-0.25, -0.2) is 0 Å². The van der Waals surface area contributed by atoms with Crippen LogP contribution in [-0.4, -0.2) is 28.5 Å². The fraction of sp³-hybridized carbons (Fsp3) is 0.462. The number of alkyl halides is 1. The molecule has 4 rings (SSSR count). The van der Waals surface area contributed by atoms with Gasteiger partial charge in [0.05, 0.1) is 18.5 Å². The van der Waals surface area contributed by atoms with E-state index < -0.39 is 11.6 Å². The zero-order chi connectivity index (χ0) is 22.8. The summed E-state index contributed by atoms with van der Waals surface area (Å²) in [4.78, 5) is 22.7. The van der Waals surface area contributed by atoms with Gasteiger partial charge in [-0.2, -0.15) is 0 Å². The quantitative estimate of drug-likeness (QED) is 0.329. The molecule has 182 valence electrons. The van der Waals surface area contributed by atoms with E-state index in [4.69, 9.17) is 18.9 Å². The molecule has 0 spiro atoms. The Hall–Kier alpha value is -2.22. The number of carbonyl (C=O) groups excluding carboxylic acids is 2. The van der Waals surface area contributed by atoms with Gasteiger partial charge in [-0.3, -0.25) is 9.59 Å². The molecular weight excluding hydrogens is 488 g/mol. The predicted octanol–water partition coefficient (Wildman–Crippen LogP) is 6.72. The SMILES string of the molecule is C.C.CC(=O)c1ccc2c(c1)COC(C)(C)O2.CC1(C)OCc2cc(C(=O)CBr)ccc2O1. The van der Waals surface area contributed by atoms with E-state index >= 15 is 0 Å². The van der Waals surface area contributed by atoms with Crippen LogP contribution in [0.15, 0.2) is 36.4 Å². The third-order valence-corrected chi connectivity index (χ3v) is 5.34. The number of carbonyl (C=O) groups is 2. The van der Waals surface area contributed by atoms with Crippen molar-refractivity contribution in [3.8, 4) is 11.5 Å². The minimum absolute atomic E-state index is 0. The molecule has 6 nitrogen and oxygen atoms in total. The molecule has 7 heteroatoms. The zero-order valence-corrected chi connectivity index (χ0v) is 20.0. The Morgan fingerprint density at radius 1 is 0.818 bits per heavy atom. The minimum atomic E-state index is -0.589. The van der Waals surface area contributed by atoms with E-state index in [1.807, 2.05) is 52.0 Å². The van der Waals surface area contributed by atoms with Gasteiger partial charge in [0.25, 0.3) is 0 Å². The molecule has 0 radical (unpaired) electrons. The lowest BCUT2D eigenvalue weighted by Gasteiger charge is -2.32. The molecule has 2 heterocycles. The van der Waals surface area contributed by atoms with Crippen molar-refractivity contribution in [3.63, 3.8) is 0 Å². The molecule has 0 aliphatic carbocycles. The van der Waals surface area contributed by atoms with Gasteiger partial charge in [0, 0.05) is 49.9 Å². The second-order valence-electron chi connectivity index (χ2n) is 8.34. The first-order valence-electron chi connectivity index (χ1n) is 10.0. The highest BCUT2D eigenvalue weighted by Gasteiger charge is 2.28. The number of ketones is 2. The van der Waals surface area contributed by atoms with E-state index in [9.17, 15) is 9.59 Å². The molecule has 0 fully saturated rings. The van der Waals surface area contributed by atoms with Gasteiger partial charge < -0.3 is 18.9 Å². The summed E-state index contributed by atoms with van der Waals surface area (Å²) >= 11 is 3.15. The summed E-state index contributed by atoms with van der Waals surface area (Å²) in [6.45, 7) is 10.00. The maximum atomic E-state index is 11.5. The van der Waals surface area contributed by atoms with Gasteiger partial charge in [0.2, 0.25) is 11.6 Å². The molecule has 0 unspecified atom stereocenters. The minimum Gasteiger partial charge on any atom is -0.463 e. The van der Waals surface area contributed by atoms with E-state index in [0.717, 1.165) is 22.6 Å². The fourth-order valence-electron chi connectivity index (χ4n) is 3.14. The first-order valence-corrected chi connectivity index (χ1v) is 11.1. The van der Waals surface area contributed by atoms with E-state index in [1.54, 1.807) is 19.1 Å². The molecule has 0 atom stereocenters. The molecule has 0 bridgehead atoms. The molecule has 0 amide bonds. The lowest BCUT2D eigenvalue weighted by Crippen LogP contribution is -2.35. The van der Waals surface area contributed by atoms with Crippen molar-refractivity contribution in [2.75, 3.05) is 5.33 Å². The first-order chi connectivity index (χ1) is 14.5. The number of ether oxygens (including phenoxy) is 4. The van der Waals surface area contributed by atoms with Crippen molar-refractivity contribution in [1.82, 2.24) is 0 Å². The summed E-state index contributed by atoms with van der Waals surface area (Å²) in [5, 5.41) is 0.332. The van der Waals surface area contributed by atoms with Gasteiger partial charge in [-0.15, -0.1) is 0 Å². The molecule has 0 saturated carbocycles. The average molecular weight is 523 g/mol. The number of rotatable bonds is 3. The van der Waals surface area contributed by atoms with E-state index in [-0.39, 0.29) is 26.4 Å². The maximum absolute atomic E-state index is 11.5. The third kappa shape index (κ3) is 7.39. The monoisotopic (exact) mass is 522 g/mol. The Labute approximate surface area is 205 Å². The Morgan fingerprint density at radius 2 is 1.24 bits per heavy atom. The van der Waals surface area contributed by atoms with Gasteiger partial charge in [0.15, 0.2) is 11.6 Å². The number of hydrogen-bond donors (Lipinski definition) is 0. The number of Topliss-reactive ketones (excluding diaryl/α,β-unsaturated/α-hetero) is 2. The standard InChI is InChI=1S/C12H13BrO3.C12H14O3.2CH4/c1-12(2)15-7-9-5-8(10(14)6-13)3-4-11(9)16-12;1-8(13)9-4-5-11-10(6-9)7-14-12(2,3)15-11;;/h3-5H,6-7H2,1-2H3;4-6H,7H2,1-3H3;2*1H4. The van der Waals surface area contributed by atoms with Crippen LogP contribution in [0, 0.1) is 0 Å². The largest absolute Gasteiger partial charge is 0.463 e. The van der Waals surface area contributed by atoms with Crippen LogP contribution in [0.25, 0.3) is 0 Å². The molecule has 0 N–H and O–H groups in total. The van der Waals surface area contributed by atoms with Crippen molar-refractivity contribution in [3.05, 3.63) is 58.7 Å². The summed E-state index contributed by atoms with van der Waals surface area (Å²) < 4.78 is 22.3. The van der Waals surface area contributed by atoms with E-state index in [0.29, 0.717) is 29.7 Å². The van der Waals surface area contributed by atoms with Crippen LogP contribution < -0.4 is 9.47 Å². The van der Waals surface area contributed by atoms with E-state index in [2.05, 4.69) is 15.9 Å². The van der Waals surface area contributed by atoms with Gasteiger partial charge in [-0.05, 0) is 43.3 Å². The Balaban J connectivity index is 0.000000312. The summed E-state index contributed by atoms with van der Waals surface area (Å²) in [5.74, 6) is 0.549. The Morgan fingerprint density at radius 3 is 1.67 bits per heavy atom. The third-order valence-electron chi connectivity index (χ3n) is 4.83. The molecule has 2 aliphatic heterocycles. The van der Waals surface area contributed by atoms with Crippen LogP contribution in [0.1, 0.15) is 81.3 Å². The van der Waals surface area contributed by atoms with Gasteiger partial charge in [-0.1, -0.05) is 30.8 Å². The number of fused-ring (bicyclic) bond motifs is 2. The van der Waals surface area contributed by atoms with Crippen molar-refractivity contribution in [2.45, 2.75) is 74.3 Å². The van der Waals surface area contributed by atoms with Crippen LogP contribution in [0.4, 0.5) is 0 Å². The average Bonchev–Trinajstić information content (AvgIpc) is 2.71. The summed E-state index contributed by atoms with van der Waals surface area (Å²) in [7, 11) is 0. The second kappa shape index (κ2) is 11.3. The smallest absolute Gasteiger partial charge is 0.205 e. The van der Waals surface area contributed by atoms with Crippen LogP contribution in [0.2, 0.25) is 0 Å². The number of halogens is 1. The fourth-order valence-corrected chi connectivity index (χ4v) is 3.47. The molecule has 0 aromatic heterocycles. The predicted molar refractivity (Wildman–Crippen MR) is 133 cm³/mol. The topological polar surface area (TPSA) is 71.1 Å². The lowest BCUT2D eigenvalue weighted by atomic mass is 10.1. The molecular formula is C26H35BrO6. The summed E-state index contributed by atoms with van der Waals surface area (Å²) in [6.07, 6.45) is 0. The highest BCUT2D eigenvalue weighted by atomic mass is 79.9. The highest BCUT2D eigenvalue weighted by Crippen LogP contribution is 2.32. The van der Waals surface area contributed by atoms with Crippen molar-refractivity contribution >= 4 is 27.5 Å².